The Morgan fingerprint density at radius 3 is 2.50 bits per heavy atom. The van der Waals surface area contributed by atoms with E-state index in [1.54, 1.807) is 6.92 Å². The second-order valence-electron chi connectivity index (χ2n) is 3.85. The van der Waals surface area contributed by atoms with E-state index in [9.17, 15) is 18.0 Å². The second-order valence-corrected chi connectivity index (χ2v) is 3.85. The van der Waals surface area contributed by atoms with Crippen molar-refractivity contribution in [3.8, 4) is 5.75 Å². The first-order chi connectivity index (χ1) is 8.25. The third-order valence-electron chi connectivity index (χ3n) is 2.44. The smallest absolute Gasteiger partial charge is 0.417 e. The van der Waals surface area contributed by atoms with Gasteiger partial charge in [-0.25, -0.2) is 4.79 Å². The maximum absolute atomic E-state index is 12.7. The van der Waals surface area contributed by atoms with Gasteiger partial charge in [-0.2, -0.15) is 13.2 Å². The van der Waals surface area contributed by atoms with Gasteiger partial charge in [0, 0.05) is 0 Å². The summed E-state index contributed by atoms with van der Waals surface area (Å²) in [6, 6.07) is 2.85. The molecule has 1 rings (SSSR count). The number of benzene rings is 1. The van der Waals surface area contributed by atoms with Crippen molar-refractivity contribution in [2.45, 2.75) is 32.5 Å². The number of ether oxygens (including phenoxy) is 1. The summed E-state index contributed by atoms with van der Waals surface area (Å²) in [5.74, 6) is -1.60. The summed E-state index contributed by atoms with van der Waals surface area (Å²) in [5.41, 5.74) is -1.98. The van der Waals surface area contributed by atoms with E-state index in [1.807, 2.05) is 6.92 Å². The Kier molecular flexibility index (Phi) is 4.21. The lowest BCUT2D eigenvalue weighted by molar-refractivity contribution is -0.138. The van der Waals surface area contributed by atoms with E-state index in [2.05, 4.69) is 0 Å². The van der Waals surface area contributed by atoms with Crippen LogP contribution in [0.15, 0.2) is 18.2 Å². The highest BCUT2D eigenvalue weighted by Crippen LogP contribution is 2.34. The molecule has 0 bridgehead atoms. The number of hydrogen-bond acceptors (Lipinski definition) is 2. The summed E-state index contributed by atoms with van der Waals surface area (Å²) in [4.78, 5) is 10.7. The molecule has 1 aromatic rings. The summed E-state index contributed by atoms with van der Waals surface area (Å²) in [7, 11) is 0. The molecule has 0 aliphatic rings. The van der Waals surface area contributed by atoms with Crippen molar-refractivity contribution in [3.05, 3.63) is 29.3 Å². The fourth-order valence-electron chi connectivity index (χ4n) is 1.33. The van der Waals surface area contributed by atoms with Gasteiger partial charge < -0.3 is 9.84 Å². The molecule has 1 atom stereocenters. The van der Waals surface area contributed by atoms with Gasteiger partial charge in [0.1, 0.15) is 5.75 Å². The Morgan fingerprint density at radius 1 is 1.44 bits per heavy atom. The maximum atomic E-state index is 12.7. The van der Waals surface area contributed by atoms with Crippen molar-refractivity contribution in [2.75, 3.05) is 0 Å². The Balaban J connectivity index is 3.18. The fourth-order valence-corrected chi connectivity index (χ4v) is 1.33. The van der Waals surface area contributed by atoms with Crippen LogP contribution in [0.4, 0.5) is 13.2 Å². The lowest BCUT2D eigenvalue weighted by Gasteiger charge is -2.16. The SMILES string of the molecule is CCC(C)Oc1ccc(C(=O)O)c(C(F)(F)F)c1. The van der Waals surface area contributed by atoms with Crippen LogP contribution in [0.1, 0.15) is 36.2 Å². The molecule has 0 aromatic heterocycles. The molecule has 100 valence electrons. The van der Waals surface area contributed by atoms with Gasteiger partial charge in [-0.1, -0.05) is 6.92 Å². The average molecular weight is 262 g/mol. The molecule has 6 heteroatoms. The Morgan fingerprint density at radius 2 is 2.06 bits per heavy atom. The zero-order chi connectivity index (χ0) is 13.9. The molecule has 0 aliphatic heterocycles. The first kappa shape index (κ1) is 14.3. The average Bonchev–Trinajstić information content (AvgIpc) is 2.27. The molecule has 1 unspecified atom stereocenters. The highest BCUT2D eigenvalue weighted by molar-refractivity contribution is 5.89. The quantitative estimate of drug-likeness (QED) is 0.902. The number of alkyl halides is 3. The van der Waals surface area contributed by atoms with Crippen molar-refractivity contribution < 1.29 is 27.8 Å². The van der Waals surface area contributed by atoms with Gasteiger partial charge in [0.05, 0.1) is 17.2 Å². The number of rotatable bonds is 4. The van der Waals surface area contributed by atoms with Gasteiger partial charge in [0.2, 0.25) is 0 Å². The molecule has 0 fully saturated rings. The van der Waals surface area contributed by atoms with Crippen LogP contribution in [-0.4, -0.2) is 17.2 Å². The molecular weight excluding hydrogens is 249 g/mol. The first-order valence-corrected chi connectivity index (χ1v) is 5.37. The van der Waals surface area contributed by atoms with E-state index in [4.69, 9.17) is 9.84 Å². The Bertz CT molecular complexity index is 441. The minimum Gasteiger partial charge on any atom is -0.491 e. The van der Waals surface area contributed by atoms with Crippen molar-refractivity contribution in [2.24, 2.45) is 0 Å². The number of carboxylic acids is 1. The van der Waals surface area contributed by atoms with Crippen molar-refractivity contribution >= 4 is 5.97 Å². The van der Waals surface area contributed by atoms with E-state index in [-0.39, 0.29) is 11.9 Å². The van der Waals surface area contributed by atoms with Crippen LogP contribution in [0.25, 0.3) is 0 Å². The number of carboxylic acid groups (broad SMARTS) is 1. The molecule has 0 saturated carbocycles. The summed E-state index contributed by atoms with van der Waals surface area (Å²) in [5, 5.41) is 8.71. The van der Waals surface area contributed by atoms with Crippen molar-refractivity contribution in [3.63, 3.8) is 0 Å². The van der Waals surface area contributed by atoms with Gasteiger partial charge in [-0.15, -0.1) is 0 Å². The third-order valence-corrected chi connectivity index (χ3v) is 2.44. The standard InChI is InChI=1S/C12H13F3O3/c1-3-7(2)18-8-4-5-9(11(16)17)10(6-8)12(13,14)15/h4-7H,3H2,1-2H3,(H,16,17). The van der Waals surface area contributed by atoms with Gasteiger partial charge in [0.15, 0.2) is 0 Å². The normalized spacial score (nSPS) is 13.2. The molecule has 1 aromatic carbocycles. The molecule has 3 nitrogen and oxygen atoms in total. The first-order valence-electron chi connectivity index (χ1n) is 5.37. The van der Waals surface area contributed by atoms with Crippen LogP contribution in [0.2, 0.25) is 0 Å². The van der Waals surface area contributed by atoms with Gasteiger partial charge in [0.25, 0.3) is 0 Å². The summed E-state index contributed by atoms with van der Waals surface area (Å²) >= 11 is 0. The summed E-state index contributed by atoms with van der Waals surface area (Å²) in [6.45, 7) is 3.55. The van der Waals surface area contributed by atoms with Gasteiger partial charge in [-0.05, 0) is 31.5 Å². The van der Waals surface area contributed by atoms with Crippen LogP contribution < -0.4 is 4.74 Å². The zero-order valence-corrected chi connectivity index (χ0v) is 9.91. The van der Waals surface area contributed by atoms with Crippen LogP contribution >= 0.6 is 0 Å². The van der Waals surface area contributed by atoms with Crippen LogP contribution in [0.5, 0.6) is 5.75 Å². The molecule has 18 heavy (non-hydrogen) atoms. The van der Waals surface area contributed by atoms with E-state index in [0.29, 0.717) is 6.42 Å². The molecular formula is C12H13F3O3. The number of aromatic carboxylic acids is 1. The molecule has 0 spiro atoms. The van der Waals surface area contributed by atoms with Gasteiger partial charge >= 0.3 is 12.1 Å². The molecule has 0 saturated heterocycles. The second kappa shape index (κ2) is 5.29. The Labute approximate surface area is 102 Å². The van der Waals surface area contributed by atoms with E-state index >= 15 is 0 Å². The minimum atomic E-state index is -4.72. The third kappa shape index (κ3) is 3.38. The highest BCUT2D eigenvalue weighted by atomic mass is 19.4. The fraction of sp³-hybridized carbons (Fsp3) is 0.417. The molecule has 0 aliphatic carbocycles. The largest absolute Gasteiger partial charge is 0.491 e. The molecule has 0 amide bonds. The van der Waals surface area contributed by atoms with Crippen molar-refractivity contribution in [1.29, 1.82) is 0 Å². The number of hydrogen-bond donors (Lipinski definition) is 1. The predicted molar refractivity (Wildman–Crippen MR) is 58.8 cm³/mol. The van der Waals surface area contributed by atoms with E-state index in [1.165, 1.54) is 6.07 Å². The zero-order valence-electron chi connectivity index (χ0n) is 9.91. The Hall–Kier alpha value is -1.72. The monoisotopic (exact) mass is 262 g/mol. The minimum absolute atomic E-state index is 0.0154. The number of carbonyl (C=O) groups is 1. The summed E-state index contributed by atoms with van der Waals surface area (Å²) in [6.07, 6.45) is -4.31. The van der Waals surface area contributed by atoms with E-state index in [0.717, 1.165) is 12.1 Å². The van der Waals surface area contributed by atoms with Crippen LogP contribution in [0.3, 0.4) is 0 Å². The predicted octanol–water partition coefficient (Wildman–Crippen LogP) is 3.58. The molecule has 1 N–H and O–H groups in total. The molecule has 0 radical (unpaired) electrons. The topological polar surface area (TPSA) is 46.5 Å². The highest BCUT2D eigenvalue weighted by Gasteiger charge is 2.35. The van der Waals surface area contributed by atoms with Gasteiger partial charge in [-0.3, -0.25) is 0 Å². The van der Waals surface area contributed by atoms with E-state index < -0.39 is 23.3 Å². The van der Waals surface area contributed by atoms with Crippen LogP contribution in [-0.2, 0) is 6.18 Å². The lowest BCUT2D eigenvalue weighted by Crippen LogP contribution is -2.15. The van der Waals surface area contributed by atoms with Crippen LogP contribution in [0, 0.1) is 0 Å². The maximum Gasteiger partial charge on any atom is 0.417 e. The lowest BCUT2D eigenvalue weighted by atomic mass is 10.1. The molecule has 0 heterocycles. The number of halogens is 3. The van der Waals surface area contributed by atoms with Crippen molar-refractivity contribution in [1.82, 2.24) is 0 Å². The summed E-state index contributed by atoms with van der Waals surface area (Å²) < 4.78 is 43.3.